The van der Waals surface area contributed by atoms with E-state index < -0.39 is 0 Å². The Morgan fingerprint density at radius 3 is 1.91 bits per heavy atom. The lowest BCUT2D eigenvalue weighted by atomic mass is 10.2. The lowest BCUT2D eigenvalue weighted by Gasteiger charge is -1.96. The van der Waals surface area contributed by atoms with Crippen LogP contribution in [0, 0.1) is 0 Å². The average Bonchev–Trinajstić information content (AvgIpc) is 2.83. The highest BCUT2D eigenvalue weighted by molar-refractivity contribution is 5.87. The molecule has 0 aromatic heterocycles. The molecule has 0 bridgehead atoms. The minimum absolute atomic E-state index is 0.239. The van der Waals surface area contributed by atoms with E-state index in [0.717, 1.165) is 31.2 Å². The van der Waals surface area contributed by atoms with Crippen molar-refractivity contribution in [2.75, 3.05) is 14.2 Å². The topological polar surface area (TPSA) is 65.0 Å². The van der Waals surface area contributed by atoms with Gasteiger partial charge in [-0.3, -0.25) is 0 Å². The van der Waals surface area contributed by atoms with Crippen LogP contribution in [-0.2, 0) is 19.3 Å². The molecule has 0 radical (unpaired) electrons. The quantitative estimate of drug-likeness (QED) is 0.0770. The van der Waals surface area contributed by atoms with Crippen molar-refractivity contribution in [1.29, 1.82) is 0 Å². The molecule has 0 aliphatic heterocycles. The molecule has 5 heteroatoms. The van der Waals surface area contributed by atoms with Crippen LogP contribution in [0.5, 0.6) is 5.75 Å². The second-order valence-corrected chi connectivity index (χ2v) is 6.41. The first-order valence-electron chi connectivity index (χ1n) is 11.1. The van der Waals surface area contributed by atoms with Gasteiger partial charge in [0.05, 0.1) is 14.2 Å². The number of allylic oxidation sites excluding steroid dienone is 5. The van der Waals surface area contributed by atoms with Gasteiger partial charge in [-0.2, -0.15) is 4.89 Å². The second-order valence-electron chi connectivity index (χ2n) is 6.41. The molecule has 0 amide bonds. The highest BCUT2D eigenvalue weighted by Crippen LogP contribution is 2.10. The number of phenolic OH excluding ortho intramolecular Hbond substituents is 1. The van der Waals surface area contributed by atoms with Crippen LogP contribution in [-0.4, -0.2) is 25.3 Å². The Morgan fingerprint density at radius 1 is 0.970 bits per heavy atom. The molecule has 0 atom stereocenters. The predicted molar refractivity (Wildman–Crippen MR) is 141 cm³/mol. The summed E-state index contributed by atoms with van der Waals surface area (Å²) < 4.78 is 4.46. The summed E-state index contributed by atoms with van der Waals surface area (Å²) in [5, 5.41) is 8.96. The van der Waals surface area contributed by atoms with Crippen molar-refractivity contribution in [1.82, 2.24) is 0 Å². The molecule has 0 heterocycles. The highest BCUT2D eigenvalue weighted by Gasteiger charge is 1.99. The Bertz CT molecular complexity index is 698. The third-order valence-corrected chi connectivity index (χ3v) is 3.48. The minimum atomic E-state index is -0.239. The maximum atomic E-state index is 10.6. The SMILES string of the molecule is C=C(/C=C\CC)OOC.C=CCC.CC/C=C(/C)C(=O)OC.CCC=Cc1ccc(O)cc1. The van der Waals surface area contributed by atoms with Gasteiger partial charge < -0.3 is 14.7 Å². The molecule has 0 fully saturated rings. The third kappa shape index (κ3) is 26.9. The molecule has 1 aromatic rings. The fraction of sp³-hybridized carbons (Fsp3) is 0.393. The molecule has 0 aliphatic rings. The number of methoxy groups -OCH3 is 1. The monoisotopic (exact) mass is 460 g/mol. The van der Waals surface area contributed by atoms with Crippen molar-refractivity contribution < 1.29 is 24.4 Å². The maximum Gasteiger partial charge on any atom is 0.333 e. The van der Waals surface area contributed by atoms with E-state index in [4.69, 9.17) is 5.11 Å². The van der Waals surface area contributed by atoms with Crippen LogP contribution in [0.25, 0.3) is 6.08 Å². The number of carbonyl (C=O) groups is 1. The summed E-state index contributed by atoms with van der Waals surface area (Å²) in [5.74, 6) is 0.606. The summed E-state index contributed by atoms with van der Waals surface area (Å²) in [5.41, 5.74) is 1.81. The molecule has 1 rings (SSSR count). The van der Waals surface area contributed by atoms with Crippen LogP contribution >= 0.6 is 0 Å². The van der Waals surface area contributed by atoms with E-state index in [1.54, 1.807) is 25.1 Å². The van der Waals surface area contributed by atoms with Crippen LogP contribution in [0.3, 0.4) is 0 Å². The molecule has 0 spiro atoms. The predicted octanol–water partition coefficient (Wildman–Crippen LogP) is 7.96. The first-order chi connectivity index (χ1) is 15.8. The number of esters is 1. The van der Waals surface area contributed by atoms with Crippen molar-refractivity contribution in [3.63, 3.8) is 0 Å². The van der Waals surface area contributed by atoms with Crippen LogP contribution < -0.4 is 0 Å². The number of phenols is 1. The zero-order chi connectivity index (χ0) is 25.9. The summed E-state index contributed by atoms with van der Waals surface area (Å²) in [6.45, 7) is 16.9. The number of benzene rings is 1. The molecule has 1 aromatic carbocycles. The lowest BCUT2D eigenvalue weighted by molar-refractivity contribution is -0.232. The van der Waals surface area contributed by atoms with Gasteiger partial charge in [-0.1, -0.05) is 76.8 Å². The first kappa shape index (κ1) is 34.6. The molecule has 5 nitrogen and oxygen atoms in total. The number of hydrogen-bond donors (Lipinski definition) is 1. The zero-order valence-electron chi connectivity index (χ0n) is 21.6. The first-order valence-corrected chi connectivity index (χ1v) is 11.1. The Labute approximate surface area is 201 Å². The van der Waals surface area contributed by atoms with Crippen molar-refractivity contribution >= 4 is 12.0 Å². The fourth-order valence-corrected chi connectivity index (χ4v) is 1.77. The maximum absolute atomic E-state index is 10.6. The van der Waals surface area contributed by atoms with Crippen LogP contribution in [0.1, 0.15) is 65.9 Å². The van der Waals surface area contributed by atoms with E-state index in [1.807, 2.05) is 50.3 Å². The van der Waals surface area contributed by atoms with E-state index in [0.29, 0.717) is 17.1 Å². The van der Waals surface area contributed by atoms with Gasteiger partial charge in [0.2, 0.25) is 0 Å². The average molecular weight is 461 g/mol. The van der Waals surface area contributed by atoms with Gasteiger partial charge in [0, 0.05) is 5.57 Å². The van der Waals surface area contributed by atoms with E-state index in [-0.39, 0.29) is 5.97 Å². The Balaban J connectivity index is -0.000000381. The van der Waals surface area contributed by atoms with Crippen molar-refractivity contribution in [2.24, 2.45) is 0 Å². The molecular weight excluding hydrogens is 416 g/mol. The van der Waals surface area contributed by atoms with Gasteiger partial charge in [0.25, 0.3) is 0 Å². The van der Waals surface area contributed by atoms with Crippen molar-refractivity contribution in [3.05, 3.63) is 84.7 Å². The summed E-state index contributed by atoms with van der Waals surface area (Å²) in [6.07, 6.45) is 15.5. The number of rotatable bonds is 9. The van der Waals surface area contributed by atoms with E-state index in [2.05, 4.69) is 47.6 Å². The van der Waals surface area contributed by atoms with Crippen LogP contribution in [0.15, 0.2) is 79.1 Å². The summed E-state index contributed by atoms with van der Waals surface area (Å²) >= 11 is 0. The van der Waals surface area contributed by atoms with Crippen molar-refractivity contribution in [2.45, 2.75) is 60.3 Å². The van der Waals surface area contributed by atoms with Gasteiger partial charge in [-0.15, -0.1) is 6.58 Å². The Kier molecular flexibility index (Phi) is 28.3. The fourth-order valence-electron chi connectivity index (χ4n) is 1.77. The van der Waals surface area contributed by atoms with E-state index in [1.165, 1.54) is 14.2 Å². The standard InChI is InChI=1S/C10H12O.2C7H12O2.C4H8/c1-2-3-4-9-5-7-10(11)8-6-9;1-4-5-6-7(2)9-8-3;1-4-5-6(2)7(8)9-3;1-3-4-2/h3-8,11H,2H2,1H3;5-6H,2,4H2,1,3H3;5H,4H2,1-3H3;3H,1,4H2,2H3/b;2*6-5-;. The Morgan fingerprint density at radius 2 is 1.52 bits per heavy atom. The van der Waals surface area contributed by atoms with Gasteiger partial charge in [0.15, 0.2) is 5.76 Å². The molecule has 1 N–H and O–H groups in total. The van der Waals surface area contributed by atoms with E-state index in [9.17, 15) is 4.79 Å². The van der Waals surface area contributed by atoms with E-state index >= 15 is 0 Å². The summed E-state index contributed by atoms with van der Waals surface area (Å²) in [4.78, 5) is 19.5. The van der Waals surface area contributed by atoms with Crippen molar-refractivity contribution in [3.8, 4) is 5.75 Å². The summed E-state index contributed by atoms with van der Waals surface area (Å²) in [6, 6.07) is 7.16. The zero-order valence-corrected chi connectivity index (χ0v) is 21.6. The number of aromatic hydroxyl groups is 1. The largest absolute Gasteiger partial charge is 0.508 e. The molecule has 0 saturated carbocycles. The molecule has 33 heavy (non-hydrogen) atoms. The van der Waals surface area contributed by atoms with Crippen LogP contribution in [0.4, 0.5) is 0 Å². The highest BCUT2D eigenvalue weighted by atomic mass is 17.2. The number of carbonyl (C=O) groups excluding carboxylic acids is 1. The van der Waals surface area contributed by atoms with Gasteiger partial charge in [-0.05, 0) is 56.4 Å². The second kappa shape index (κ2) is 27.0. The number of hydrogen-bond acceptors (Lipinski definition) is 5. The third-order valence-electron chi connectivity index (χ3n) is 3.48. The van der Waals surface area contributed by atoms with Crippen LogP contribution in [0.2, 0.25) is 0 Å². The molecule has 0 aliphatic carbocycles. The molecule has 0 unspecified atom stereocenters. The summed E-state index contributed by atoms with van der Waals surface area (Å²) in [7, 11) is 2.83. The lowest BCUT2D eigenvalue weighted by Crippen LogP contribution is -2.00. The van der Waals surface area contributed by atoms with Gasteiger partial charge >= 0.3 is 5.97 Å². The van der Waals surface area contributed by atoms with Gasteiger partial charge in [0.1, 0.15) is 5.75 Å². The molecular formula is C28H44O5. The normalized spacial score (nSPS) is 10.1. The number of ether oxygens (including phenoxy) is 1. The molecule has 0 saturated heterocycles. The van der Waals surface area contributed by atoms with Gasteiger partial charge in [-0.25, -0.2) is 4.79 Å². The smallest absolute Gasteiger partial charge is 0.333 e. The molecule has 186 valence electrons. The Hall–Kier alpha value is -3.05. The minimum Gasteiger partial charge on any atom is -0.508 e.